The lowest BCUT2D eigenvalue weighted by atomic mass is 9.96. The highest BCUT2D eigenvalue weighted by Gasteiger charge is 2.40. The van der Waals surface area contributed by atoms with E-state index in [4.69, 9.17) is 11.6 Å². The van der Waals surface area contributed by atoms with Gasteiger partial charge in [0, 0.05) is 29.7 Å². The number of benzene rings is 2. The molecule has 4 heteroatoms. The van der Waals surface area contributed by atoms with Crippen LogP contribution in [0.2, 0.25) is 5.02 Å². The Labute approximate surface area is 166 Å². The molecule has 0 aliphatic carbocycles. The SMILES string of the molecule is O=C(Cc1ccc(Cl)cc1)NC1CC2CCC(C1)N2CCc1ccccc1. The predicted molar refractivity (Wildman–Crippen MR) is 110 cm³/mol. The standard InChI is InChI=1S/C23H27ClN2O/c24-19-8-6-18(7-9-19)14-23(27)25-20-15-21-10-11-22(16-20)26(21)13-12-17-4-2-1-3-5-17/h1-9,20-22H,10-16H2,(H,25,27). The van der Waals surface area contributed by atoms with Crippen molar-refractivity contribution in [3.63, 3.8) is 0 Å². The number of hydrogen-bond donors (Lipinski definition) is 1. The van der Waals surface area contributed by atoms with Crippen LogP contribution in [0, 0.1) is 0 Å². The minimum atomic E-state index is 0.124. The van der Waals surface area contributed by atoms with Gasteiger partial charge in [0.05, 0.1) is 6.42 Å². The van der Waals surface area contributed by atoms with Crippen molar-refractivity contribution in [3.8, 4) is 0 Å². The van der Waals surface area contributed by atoms with E-state index in [0.29, 0.717) is 29.6 Å². The Morgan fingerprint density at radius 2 is 1.63 bits per heavy atom. The molecule has 2 fully saturated rings. The number of piperidine rings is 1. The Hall–Kier alpha value is -1.84. The van der Waals surface area contributed by atoms with Crippen molar-refractivity contribution in [1.29, 1.82) is 0 Å². The summed E-state index contributed by atoms with van der Waals surface area (Å²) in [7, 11) is 0. The highest BCUT2D eigenvalue weighted by Crippen LogP contribution is 2.35. The maximum atomic E-state index is 12.4. The summed E-state index contributed by atoms with van der Waals surface area (Å²) in [5.41, 5.74) is 2.43. The smallest absolute Gasteiger partial charge is 0.224 e. The van der Waals surface area contributed by atoms with Crippen molar-refractivity contribution < 1.29 is 4.79 Å². The van der Waals surface area contributed by atoms with Crippen molar-refractivity contribution in [1.82, 2.24) is 10.2 Å². The summed E-state index contributed by atoms with van der Waals surface area (Å²) < 4.78 is 0. The third kappa shape index (κ3) is 4.72. The molecule has 142 valence electrons. The molecule has 4 rings (SSSR count). The summed E-state index contributed by atoms with van der Waals surface area (Å²) in [4.78, 5) is 15.1. The average Bonchev–Trinajstić information content (AvgIpc) is 2.91. The number of nitrogens with zero attached hydrogens (tertiary/aromatic N) is 1. The molecule has 2 aromatic carbocycles. The minimum Gasteiger partial charge on any atom is -0.353 e. The fraction of sp³-hybridized carbons (Fsp3) is 0.435. The number of hydrogen-bond acceptors (Lipinski definition) is 2. The Kier molecular flexibility index (Phi) is 5.80. The molecular formula is C23H27ClN2O. The Morgan fingerprint density at radius 3 is 2.30 bits per heavy atom. The van der Waals surface area contributed by atoms with E-state index >= 15 is 0 Å². The molecule has 2 heterocycles. The number of rotatable bonds is 6. The van der Waals surface area contributed by atoms with Gasteiger partial charge in [-0.05, 0) is 55.4 Å². The molecule has 2 atom stereocenters. The van der Waals surface area contributed by atoms with Crippen LogP contribution in [-0.2, 0) is 17.6 Å². The Bertz CT molecular complexity index is 748. The van der Waals surface area contributed by atoms with Crippen LogP contribution in [0.5, 0.6) is 0 Å². The largest absolute Gasteiger partial charge is 0.353 e. The molecule has 1 N–H and O–H groups in total. The zero-order valence-electron chi connectivity index (χ0n) is 15.6. The van der Waals surface area contributed by atoms with Gasteiger partial charge in [0.2, 0.25) is 5.91 Å². The number of fused-ring (bicyclic) bond motifs is 2. The molecule has 1 amide bonds. The molecule has 0 spiro atoms. The second-order valence-electron chi connectivity index (χ2n) is 7.90. The molecule has 3 nitrogen and oxygen atoms in total. The van der Waals surface area contributed by atoms with Crippen LogP contribution in [-0.4, -0.2) is 35.5 Å². The van der Waals surface area contributed by atoms with Crippen LogP contribution in [0.25, 0.3) is 0 Å². The monoisotopic (exact) mass is 382 g/mol. The molecule has 2 aromatic rings. The van der Waals surface area contributed by atoms with Crippen molar-refractivity contribution in [2.45, 2.75) is 56.7 Å². The van der Waals surface area contributed by atoms with Crippen molar-refractivity contribution in [2.75, 3.05) is 6.54 Å². The lowest BCUT2D eigenvalue weighted by Crippen LogP contribution is -2.51. The zero-order chi connectivity index (χ0) is 18.6. The summed E-state index contributed by atoms with van der Waals surface area (Å²) in [6.07, 6.45) is 6.24. The molecular weight excluding hydrogens is 356 g/mol. The fourth-order valence-electron chi connectivity index (χ4n) is 4.73. The summed E-state index contributed by atoms with van der Waals surface area (Å²) >= 11 is 5.92. The van der Waals surface area contributed by atoms with E-state index in [9.17, 15) is 4.79 Å². The van der Waals surface area contributed by atoms with Gasteiger partial charge in [0.15, 0.2) is 0 Å². The quantitative estimate of drug-likeness (QED) is 0.810. The van der Waals surface area contributed by atoms with Crippen molar-refractivity contribution in [2.24, 2.45) is 0 Å². The predicted octanol–water partition coefficient (Wildman–Crippen LogP) is 4.24. The van der Waals surface area contributed by atoms with E-state index in [1.807, 2.05) is 24.3 Å². The maximum absolute atomic E-state index is 12.4. The number of amides is 1. The van der Waals surface area contributed by atoms with Gasteiger partial charge in [-0.1, -0.05) is 54.1 Å². The van der Waals surface area contributed by atoms with E-state index in [2.05, 4.69) is 40.5 Å². The zero-order valence-corrected chi connectivity index (χ0v) is 16.4. The van der Waals surface area contributed by atoms with E-state index in [0.717, 1.165) is 31.4 Å². The van der Waals surface area contributed by atoms with Gasteiger partial charge in [-0.3, -0.25) is 9.69 Å². The van der Waals surface area contributed by atoms with Crippen LogP contribution in [0.1, 0.15) is 36.8 Å². The van der Waals surface area contributed by atoms with Gasteiger partial charge < -0.3 is 5.32 Å². The summed E-state index contributed by atoms with van der Waals surface area (Å²) in [5.74, 6) is 0.124. The summed E-state index contributed by atoms with van der Waals surface area (Å²) in [6, 6.07) is 19.8. The van der Waals surface area contributed by atoms with Crippen LogP contribution in [0.4, 0.5) is 0 Å². The van der Waals surface area contributed by atoms with E-state index in [-0.39, 0.29) is 5.91 Å². The molecule has 27 heavy (non-hydrogen) atoms. The number of nitrogens with one attached hydrogen (secondary N) is 1. The van der Waals surface area contributed by atoms with Crippen LogP contribution < -0.4 is 5.32 Å². The van der Waals surface area contributed by atoms with Gasteiger partial charge in [-0.2, -0.15) is 0 Å². The van der Waals surface area contributed by atoms with Gasteiger partial charge in [-0.25, -0.2) is 0 Å². The first-order valence-corrected chi connectivity index (χ1v) is 10.4. The van der Waals surface area contributed by atoms with Crippen LogP contribution in [0.15, 0.2) is 54.6 Å². The second kappa shape index (κ2) is 8.45. The minimum absolute atomic E-state index is 0.124. The number of halogens is 1. The molecule has 0 saturated carbocycles. The third-order valence-corrected chi connectivity index (χ3v) is 6.28. The molecule has 2 bridgehead atoms. The molecule has 0 radical (unpaired) electrons. The normalized spacial score (nSPS) is 24.7. The first-order valence-electron chi connectivity index (χ1n) is 10.0. The number of carbonyl (C=O) groups is 1. The highest BCUT2D eigenvalue weighted by molar-refractivity contribution is 6.30. The van der Waals surface area contributed by atoms with E-state index < -0.39 is 0 Å². The first kappa shape index (κ1) is 18.5. The van der Waals surface area contributed by atoms with Crippen LogP contribution >= 0.6 is 11.6 Å². The lowest BCUT2D eigenvalue weighted by molar-refractivity contribution is -0.121. The molecule has 2 aliphatic rings. The topological polar surface area (TPSA) is 32.3 Å². The Balaban J connectivity index is 1.28. The van der Waals surface area contributed by atoms with Gasteiger partial charge in [0.1, 0.15) is 0 Å². The van der Waals surface area contributed by atoms with Gasteiger partial charge in [0.25, 0.3) is 0 Å². The summed E-state index contributed by atoms with van der Waals surface area (Å²) in [6.45, 7) is 1.13. The lowest BCUT2D eigenvalue weighted by Gasteiger charge is -2.39. The van der Waals surface area contributed by atoms with Gasteiger partial charge >= 0.3 is 0 Å². The highest BCUT2D eigenvalue weighted by atomic mass is 35.5. The molecule has 2 unspecified atom stereocenters. The first-order chi connectivity index (χ1) is 13.2. The average molecular weight is 383 g/mol. The van der Waals surface area contributed by atoms with Crippen molar-refractivity contribution >= 4 is 17.5 Å². The number of carbonyl (C=O) groups excluding carboxylic acids is 1. The molecule has 2 aliphatic heterocycles. The molecule has 0 aromatic heterocycles. The van der Waals surface area contributed by atoms with Crippen LogP contribution in [0.3, 0.4) is 0 Å². The Morgan fingerprint density at radius 1 is 0.963 bits per heavy atom. The maximum Gasteiger partial charge on any atom is 0.224 e. The summed E-state index contributed by atoms with van der Waals surface area (Å²) in [5, 5.41) is 3.99. The second-order valence-corrected chi connectivity index (χ2v) is 8.33. The third-order valence-electron chi connectivity index (χ3n) is 6.03. The van der Waals surface area contributed by atoms with Crippen molar-refractivity contribution in [3.05, 3.63) is 70.7 Å². The van der Waals surface area contributed by atoms with E-state index in [1.54, 1.807) is 0 Å². The van der Waals surface area contributed by atoms with Gasteiger partial charge in [-0.15, -0.1) is 0 Å². The fourth-order valence-corrected chi connectivity index (χ4v) is 4.85. The van der Waals surface area contributed by atoms with E-state index in [1.165, 1.54) is 18.4 Å². The molecule has 2 saturated heterocycles.